The average molecular weight is 494 g/mol. The van der Waals surface area contributed by atoms with Crippen molar-refractivity contribution in [2.45, 2.75) is 70.6 Å². The highest BCUT2D eigenvalue weighted by molar-refractivity contribution is 6.00. The first kappa shape index (κ1) is 26.9. The number of hydrogen-bond acceptors (Lipinski definition) is 6. The first-order chi connectivity index (χ1) is 17.2. The quantitative estimate of drug-likeness (QED) is 0.238. The van der Waals surface area contributed by atoms with Gasteiger partial charge < -0.3 is 20.2 Å². The van der Waals surface area contributed by atoms with Crippen LogP contribution in [0, 0.1) is 0 Å². The maximum atomic E-state index is 13.1. The zero-order chi connectivity index (χ0) is 26.1. The molecule has 2 atom stereocenters. The van der Waals surface area contributed by atoms with Gasteiger partial charge in [-0.05, 0) is 64.2 Å². The zero-order valence-electron chi connectivity index (χ0n) is 21.1. The molecule has 0 radical (unpaired) electrons. The van der Waals surface area contributed by atoms with Crippen LogP contribution in [-0.2, 0) is 20.7 Å². The van der Waals surface area contributed by atoms with Crippen LogP contribution in [0.5, 0.6) is 0 Å². The van der Waals surface area contributed by atoms with Crippen molar-refractivity contribution >= 4 is 23.5 Å². The second-order valence-electron chi connectivity index (χ2n) is 9.95. The molecule has 2 aromatic carbocycles. The van der Waals surface area contributed by atoms with Gasteiger partial charge in [0, 0.05) is 18.5 Å². The van der Waals surface area contributed by atoms with Gasteiger partial charge in [-0.25, -0.2) is 4.79 Å². The zero-order valence-corrected chi connectivity index (χ0v) is 21.1. The summed E-state index contributed by atoms with van der Waals surface area (Å²) >= 11 is 0. The first-order valence-electron chi connectivity index (χ1n) is 12.3. The molecule has 8 heteroatoms. The largest absolute Gasteiger partial charge is 0.458 e. The van der Waals surface area contributed by atoms with E-state index >= 15 is 0 Å². The van der Waals surface area contributed by atoms with Gasteiger partial charge in [-0.2, -0.15) is 0 Å². The van der Waals surface area contributed by atoms with E-state index in [2.05, 4.69) is 10.5 Å². The van der Waals surface area contributed by atoms with Crippen molar-refractivity contribution in [3.8, 4) is 0 Å². The lowest BCUT2D eigenvalue weighted by Gasteiger charge is -2.27. The topological polar surface area (TPSA) is 108 Å². The maximum Gasteiger partial charge on any atom is 0.329 e. The maximum absolute atomic E-state index is 13.1. The molecular formula is C28H35N3O5. The molecule has 1 aliphatic heterocycles. The van der Waals surface area contributed by atoms with Gasteiger partial charge in [0.25, 0.3) is 5.91 Å². The summed E-state index contributed by atoms with van der Waals surface area (Å²) in [5.41, 5.74) is 1.10. The van der Waals surface area contributed by atoms with Crippen molar-refractivity contribution in [1.29, 1.82) is 0 Å². The van der Waals surface area contributed by atoms with Crippen LogP contribution in [0.3, 0.4) is 0 Å². The molecule has 36 heavy (non-hydrogen) atoms. The van der Waals surface area contributed by atoms with Crippen molar-refractivity contribution in [3.05, 3.63) is 71.8 Å². The molecule has 8 nitrogen and oxygen atoms in total. The van der Waals surface area contributed by atoms with E-state index in [1.54, 1.807) is 49.9 Å². The Balaban J connectivity index is 1.70. The van der Waals surface area contributed by atoms with Gasteiger partial charge in [0.2, 0.25) is 5.91 Å². The van der Waals surface area contributed by atoms with Crippen LogP contribution in [0.2, 0.25) is 0 Å². The van der Waals surface area contributed by atoms with Gasteiger partial charge in [0.15, 0.2) is 0 Å². The number of benzene rings is 2. The molecule has 1 saturated heterocycles. The molecule has 1 aliphatic rings. The molecule has 192 valence electrons. The van der Waals surface area contributed by atoms with E-state index in [9.17, 15) is 19.6 Å². The lowest BCUT2D eigenvalue weighted by molar-refractivity contribution is -0.163. The molecule has 0 aromatic heterocycles. The molecule has 2 aromatic rings. The van der Waals surface area contributed by atoms with Crippen molar-refractivity contribution in [2.75, 3.05) is 6.54 Å². The number of nitrogens with one attached hydrogen (secondary N) is 1. The third-order valence-electron chi connectivity index (χ3n) is 6.00. The second kappa shape index (κ2) is 12.3. The number of oxime groups is 1. The van der Waals surface area contributed by atoms with Gasteiger partial charge in [-0.15, -0.1) is 0 Å². The highest BCUT2D eigenvalue weighted by Crippen LogP contribution is 2.22. The van der Waals surface area contributed by atoms with E-state index in [1.165, 1.54) is 0 Å². The van der Waals surface area contributed by atoms with E-state index < -0.39 is 23.7 Å². The van der Waals surface area contributed by atoms with E-state index in [-0.39, 0.29) is 24.7 Å². The van der Waals surface area contributed by atoms with Crippen molar-refractivity contribution < 1.29 is 24.3 Å². The Morgan fingerprint density at radius 2 is 1.69 bits per heavy atom. The molecule has 1 fully saturated rings. The summed E-state index contributed by atoms with van der Waals surface area (Å²) < 4.78 is 5.50. The smallest absolute Gasteiger partial charge is 0.329 e. The summed E-state index contributed by atoms with van der Waals surface area (Å²) in [6, 6.07) is 17.1. The van der Waals surface area contributed by atoms with Gasteiger partial charge in [-0.3, -0.25) is 9.59 Å². The summed E-state index contributed by atoms with van der Waals surface area (Å²) in [7, 11) is 0. The fourth-order valence-electron chi connectivity index (χ4n) is 4.29. The van der Waals surface area contributed by atoms with Gasteiger partial charge >= 0.3 is 5.97 Å². The van der Waals surface area contributed by atoms with Gasteiger partial charge in [0.1, 0.15) is 11.6 Å². The van der Waals surface area contributed by atoms with Crippen molar-refractivity contribution in [3.63, 3.8) is 0 Å². The molecule has 0 spiro atoms. The number of ether oxygens (including phenoxy) is 1. The van der Waals surface area contributed by atoms with E-state index in [0.717, 1.165) is 12.0 Å². The summed E-state index contributed by atoms with van der Waals surface area (Å²) in [4.78, 5) is 40.1. The van der Waals surface area contributed by atoms with Crippen molar-refractivity contribution in [1.82, 2.24) is 10.2 Å². The van der Waals surface area contributed by atoms with Crippen LogP contribution in [0.25, 0.3) is 0 Å². The predicted octanol–water partition coefficient (Wildman–Crippen LogP) is 3.97. The van der Waals surface area contributed by atoms with Crippen LogP contribution >= 0.6 is 0 Å². The predicted molar refractivity (Wildman–Crippen MR) is 137 cm³/mol. The van der Waals surface area contributed by atoms with E-state index in [0.29, 0.717) is 30.7 Å². The monoisotopic (exact) mass is 493 g/mol. The fourth-order valence-corrected chi connectivity index (χ4v) is 4.29. The normalized spacial score (nSPS) is 16.9. The van der Waals surface area contributed by atoms with E-state index in [1.807, 2.05) is 36.4 Å². The molecular weight excluding hydrogens is 458 g/mol. The number of amides is 2. The number of nitrogens with zero attached hydrogens (tertiary/aromatic N) is 2. The number of likely N-dealkylation sites (tertiary alicyclic amines) is 1. The van der Waals surface area contributed by atoms with Crippen LogP contribution in [0.1, 0.15) is 62.4 Å². The third kappa shape index (κ3) is 7.66. The minimum absolute atomic E-state index is 0.0468. The minimum atomic E-state index is -0.632. The Labute approximate surface area is 212 Å². The highest BCUT2D eigenvalue weighted by atomic mass is 16.6. The number of carbonyl (C=O) groups is 3. The summed E-state index contributed by atoms with van der Waals surface area (Å²) in [5.74, 6) is -0.910. The molecule has 0 bridgehead atoms. The first-order valence-corrected chi connectivity index (χ1v) is 12.3. The number of carbonyl (C=O) groups excluding carboxylic acids is 3. The standard InChI is InChI=1S/C28H35N3O5/c1-28(2,3)36-27(34)24-15-10-18-31(24)25(32)17-16-22(30-35)23(19-20-11-6-4-7-12-20)29-26(33)21-13-8-5-9-14-21/h4-9,11-14,23-24,35H,10,15-19H2,1-3H3,(H,29,33)/b30-22+/t23?,24-/m0/s1. The summed E-state index contributed by atoms with van der Waals surface area (Å²) in [5, 5.41) is 16.3. The average Bonchev–Trinajstić information content (AvgIpc) is 3.35. The summed E-state index contributed by atoms with van der Waals surface area (Å²) in [6.45, 7) is 5.87. The Kier molecular flexibility index (Phi) is 9.22. The minimum Gasteiger partial charge on any atom is -0.458 e. The van der Waals surface area contributed by atoms with Gasteiger partial charge in [-0.1, -0.05) is 53.7 Å². The van der Waals surface area contributed by atoms with Crippen LogP contribution in [0.4, 0.5) is 0 Å². The number of esters is 1. The Hall–Kier alpha value is -3.68. The van der Waals surface area contributed by atoms with Crippen LogP contribution in [-0.4, -0.2) is 57.8 Å². The van der Waals surface area contributed by atoms with Crippen molar-refractivity contribution in [2.24, 2.45) is 5.16 Å². The molecule has 2 N–H and O–H groups in total. The van der Waals surface area contributed by atoms with Crippen LogP contribution in [0.15, 0.2) is 65.8 Å². The fraction of sp³-hybridized carbons (Fsp3) is 0.429. The SMILES string of the molecule is CC(C)(C)OC(=O)[C@@H]1CCCN1C(=O)CC/C(=N\O)C(Cc1ccccc1)NC(=O)c1ccccc1. The molecule has 0 aliphatic carbocycles. The molecule has 2 amide bonds. The second-order valence-corrected chi connectivity index (χ2v) is 9.95. The lowest BCUT2D eigenvalue weighted by atomic mass is 9.98. The lowest BCUT2D eigenvalue weighted by Crippen LogP contribution is -2.45. The molecule has 0 saturated carbocycles. The Morgan fingerprint density at radius 3 is 2.31 bits per heavy atom. The van der Waals surface area contributed by atoms with Crippen LogP contribution < -0.4 is 5.32 Å². The molecule has 3 rings (SSSR count). The third-order valence-corrected chi connectivity index (χ3v) is 6.00. The van der Waals surface area contributed by atoms with Gasteiger partial charge in [0.05, 0.1) is 11.8 Å². The molecule has 1 heterocycles. The number of rotatable bonds is 9. The Morgan fingerprint density at radius 1 is 1.06 bits per heavy atom. The summed E-state index contributed by atoms with van der Waals surface area (Å²) in [6.07, 6.45) is 1.87. The number of hydrogen-bond donors (Lipinski definition) is 2. The Bertz CT molecular complexity index is 1060. The molecule has 1 unspecified atom stereocenters. The highest BCUT2D eigenvalue weighted by Gasteiger charge is 2.37. The van der Waals surface area contributed by atoms with E-state index in [4.69, 9.17) is 4.74 Å².